The lowest BCUT2D eigenvalue weighted by atomic mass is 10.2. The molecule has 0 aliphatic rings. The van der Waals surface area contributed by atoms with Gasteiger partial charge in [0.15, 0.2) is 0 Å². The van der Waals surface area contributed by atoms with E-state index in [0.717, 1.165) is 0 Å². The molecule has 0 aliphatic carbocycles. The van der Waals surface area contributed by atoms with Crippen LogP contribution >= 0.6 is 0 Å². The van der Waals surface area contributed by atoms with Crippen LogP contribution in [0, 0.1) is 0 Å². The molecule has 0 aromatic carbocycles. The first-order chi connectivity index (χ1) is 7.02. The average molecular weight is 214 g/mol. The molecule has 15 heavy (non-hydrogen) atoms. The van der Waals surface area contributed by atoms with Gasteiger partial charge in [0, 0.05) is 37.2 Å². The highest BCUT2D eigenvalue weighted by atomic mass is 16.6. The van der Waals surface area contributed by atoms with Gasteiger partial charge in [-0.15, -0.1) is 0 Å². The number of carbonyl (C=O) groups is 2. The first kappa shape index (κ1) is 13.5. The third-order valence-corrected chi connectivity index (χ3v) is 1.59. The van der Waals surface area contributed by atoms with E-state index in [9.17, 15) is 9.59 Å². The van der Waals surface area contributed by atoms with Crippen molar-refractivity contribution in [1.29, 1.82) is 0 Å². The Balaban J connectivity index is 4.12. The SMILES string of the molecule is C=C(CCO)C(=O)OC(=O)C(=C)CCO. The third-order valence-electron chi connectivity index (χ3n) is 1.59. The second-order valence-corrected chi connectivity index (χ2v) is 2.83. The fraction of sp³-hybridized carbons (Fsp3) is 0.400. The highest BCUT2D eigenvalue weighted by molar-refractivity contribution is 6.01. The Bertz CT molecular complexity index is 252. The van der Waals surface area contributed by atoms with Gasteiger partial charge in [-0.1, -0.05) is 13.2 Å². The molecule has 5 heteroatoms. The summed E-state index contributed by atoms with van der Waals surface area (Å²) in [6, 6.07) is 0. The van der Waals surface area contributed by atoms with Crippen molar-refractivity contribution in [3.8, 4) is 0 Å². The molecule has 0 atom stereocenters. The van der Waals surface area contributed by atoms with E-state index in [1.807, 2.05) is 0 Å². The summed E-state index contributed by atoms with van der Waals surface area (Å²) in [7, 11) is 0. The summed E-state index contributed by atoms with van der Waals surface area (Å²) in [5.74, 6) is -1.76. The molecule has 0 bridgehead atoms. The lowest BCUT2D eigenvalue weighted by Gasteiger charge is -2.05. The van der Waals surface area contributed by atoms with E-state index in [4.69, 9.17) is 10.2 Å². The summed E-state index contributed by atoms with van der Waals surface area (Å²) in [6.45, 7) is 6.20. The van der Waals surface area contributed by atoms with Gasteiger partial charge in [0.05, 0.1) is 0 Å². The molecule has 0 amide bonds. The van der Waals surface area contributed by atoms with Crippen molar-refractivity contribution in [2.24, 2.45) is 0 Å². The number of hydrogen-bond acceptors (Lipinski definition) is 5. The molecule has 0 spiro atoms. The lowest BCUT2D eigenvalue weighted by molar-refractivity contribution is -0.154. The van der Waals surface area contributed by atoms with Gasteiger partial charge in [-0.3, -0.25) is 0 Å². The van der Waals surface area contributed by atoms with E-state index in [2.05, 4.69) is 17.9 Å². The van der Waals surface area contributed by atoms with Crippen molar-refractivity contribution < 1.29 is 24.5 Å². The van der Waals surface area contributed by atoms with Crippen molar-refractivity contribution in [3.05, 3.63) is 24.3 Å². The van der Waals surface area contributed by atoms with Gasteiger partial charge in [-0.2, -0.15) is 0 Å². The minimum Gasteiger partial charge on any atom is -0.396 e. The minimum atomic E-state index is -0.881. The highest BCUT2D eigenvalue weighted by Crippen LogP contribution is 2.05. The van der Waals surface area contributed by atoms with Crippen molar-refractivity contribution in [3.63, 3.8) is 0 Å². The average Bonchev–Trinajstić information content (AvgIpc) is 2.18. The number of carbonyl (C=O) groups excluding carboxylic acids is 2. The fourth-order valence-electron chi connectivity index (χ4n) is 0.703. The number of hydrogen-bond donors (Lipinski definition) is 2. The van der Waals surface area contributed by atoms with E-state index in [-0.39, 0.29) is 37.2 Å². The number of aliphatic hydroxyl groups is 2. The summed E-state index contributed by atoms with van der Waals surface area (Å²) in [4.78, 5) is 22.2. The van der Waals surface area contributed by atoms with Crippen molar-refractivity contribution in [2.75, 3.05) is 13.2 Å². The van der Waals surface area contributed by atoms with Crippen LogP contribution in [-0.4, -0.2) is 35.4 Å². The van der Waals surface area contributed by atoms with E-state index in [1.165, 1.54) is 0 Å². The Labute approximate surface area is 87.7 Å². The van der Waals surface area contributed by atoms with Crippen molar-refractivity contribution in [1.82, 2.24) is 0 Å². The summed E-state index contributed by atoms with van der Waals surface area (Å²) in [5, 5.41) is 17.0. The summed E-state index contributed by atoms with van der Waals surface area (Å²) in [5.41, 5.74) is 0.0327. The zero-order valence-corrected chi connectivity index (χ0v) is 8.36. The van der Waals surface area contributed by atoms with E-state index >= 15 is 0 Å². The van der Waals surface area contributed by atoms with Gasteiger partial charge in [0.25, 0.3) is 0 Å². The lowest BCUT2D eigenvalue weighted by Crippen LogP contribution is -2.16. The standard InChI is InChI=1S/C10H14O5/c1-7(3-5-11)9(13)15-10(14)8(2)4-6-12/h11-12H,1-6H2. The maximum Gasteiger partial charge on any atom is 0.341 e. The Hall–Kier alpha value is -1.46. The molecule has 0 rings (SSSR count). The molecule has 0 unspecified atom stereocenters. The predicted octanol–water partition coefficient (Wildman–Crippen LogP) is -0.0666. The Morgan fingerprint density at radius 2 is 1.27 bits per heavy atom. The van der Waals surface area contributed by atoms with Crippen molar-refractivity contribution >= 4 is 11.9 Å². The maximum atomic E-state index is 11.1. The Kier molecular flexibility index (Phi) is 6.24. The molecule has 0 aromatic heterocycles. The van der Waals surface area contributed by atoms with E-state index < -0.39 is 11.9 Å². The number of ether oxygens (including phenoxy) is 1. The van der Waals surface area contributed by atoms with Gasteiger partial charge >= 0.3 is 11.9 Å². The first-order valence-corrected chi connectivity index (χ1v) is 4.36. The Morgan fingerprint density at radius 3 is 1.53 bits per heavy atom. The first-order valence-electron chi connectivity index (χ1n) is 4.36. The molecule has 0 aromatic rings. The molecule has 0 aliphatic heterocycles. The van der Waals surface area contributed by atoms with Crippen LogP contribution in [0.3, 0.4) is 0 Å². The monoisotopic (exact) mass is 214 g/mol. The molecule has 84 valence electrons. The van der Waals surface area contributed by atoms with Crippen LogP contribution in [0.5, 0.6) is 0 Å². The normalized spacial score (nSPS) is 9.47. The van der Waals surface area contributed by atoms with Crippen molar-refractivity contribution in [2.45, 2.75) is 12.8 Å². The number of esters is 2. The fourth-order valence-corrected chi connectivity index (χ4v) is 0.703. The number of rotatable bonds is 6. The topological polar surface area (TPSA) is 83.8 Å². The molecular weight excluding hydrogens is 200 g/mol. The maximum absolute atomic E-state index is 11.1. The second-order valence-electron chi connectivity index (χ2n) is 2.83. The summed E-state index contributed by atoms with van der Waals surface area (Å²) in [6.07, 6.45) is 0.108. The second kappa shape index (κ2) is 6.92. The van der Waals surface area contributed by atoms with Crippen LogP contribution in [0.1, 0.15) is 12.8 Å². The molecule has 0 heterocycles. The molecule has 0 fully saturated rings. The van der Waals surface area contributed by atoms with Crippen LogP contribution in [0.25, 0.3) is 0 Å². The van der Waals surface area contributed by atoms with Gasteiger partial charge in [0.2, 0.25) is 0 Å². The van der Waals surface area contributed by atoms with Gasteiger partial charge in [-0.25, -0.2) is 9.59 Å². The van der Waals surface area contributed by atoms with Crippen LogP contribution in [0.2, 0.25) is 0 Å². The molecule has 5 nitrogen and oxygen atoms in total. The quantitative estimate of drug-likeness (QED) is 0.367. The van der Waals surface area contributed by atoms with Crippen LogP contribution < -0.4 is 0 Å². The van der Waals surface area contributed by atoms with Gasteiger partial charge in [0.1, 0.15) is 0 Å². The zero-order valence-electron chi connectivity index (χ0n) is 8.36. The molecular formula is C10H14O5. The minimum absolute atomic E-state index is 0.0163. The van der Waals surface area contributed by atoms with Crippen LogP contribution in [0.15, 0.2) is 24.3 Å². The van der Waals surface area contributed by atoms with E-state index in [1.54, 1.807) is 0 Å². The zero-order chi connectivity index (χ0) is 11.8. The smallest absolute Gasteiger partial charge is 0.341 e. The highest BCUT2D eigenvalue weighted by Gasteiger charge is 2.15. The van der Waals surface area contributed by atoms with Gasteiger partial charge in [-0.05, 0) is 0 Å². The third kappa shape index (κ3) is 5.09. The molecule has 0 radical (unpaired) electrons. The summed E-state index contributed by atoms with van der Waals surface area (Å²) >= 11 is 0. The van der Waals surface area contributed by atoms with Crippen LogP contribution in [-0.2, 0) is 14.3 Å². The molecule has 0 saturated carbocycles. The number of aliphatic hydroxyl groups excluding tert-OH is 2. The largest absolute Gasteiger partial charge is 0.396 e. The molecule has 0 saturated heterocycles. The summed E-state index contributed by atoms with van der Waals surface area (Å²) < 4.78 is 4.38. The van der Waals surface area contributed by atoms with Gasteiger partial charge < -0.3 is 14.9 Å². The van der Waals surface area contributed by atoms with E-state index in [0.29, 0.717) is 0 Å². The predicted molar refractivity (Wildman–Crippen MR) is 52.8 cm³/mol. The van der Waals surface area contributed by atoms with Crippen LogP contribution in [0.4, 0.5) is 0 Å². The Morgan fingerprint density at radius 1 is 0.933 bits per heavy atom. The molecule has 2 N–H and O–H groups in total.